The molecule has 1 fully saturated rings. The number of hydrogen-bond acceptors (Lipinski definition) is 3. The lowest BCUT2D eigenvalue weighted by Gasteiger charge is -2.41. The Morgan fingerprint density at radius 2 is 1.58 bits per heavy atom. The predicted molar refractivity (Wildman–Crippen MR) is 84.7 cm³/mol. The zero-order chi connectivity index (χ0) is 13.0. The lowest BCUT2D eigenvalue weighted by Crippen LogP contribution is -2.60. The van der Waals surface area contributed by atoms with E-state index in [9.17, 15) is 4.79 Å². The molecule has 0 aromatic heterocycles. The van der Waals surface area contributed by atoms with Crippen LogP contribution in [-0.4, -0.2) is 80.1 Å². The number of amides is 2. The van der Waals surface area contributed by atoms with Crippen LogP contribution in [0.15, 0.2) is 0 Å². The molecule has 0 aromatic carbocycles. The fourth-order valence-electron chi connectivity index (χ4n) is 2.15. The summed E-state index contributed by atoms with van der Waals surface area (Å²) < 4.78 is 0. The van der Waals surface area contributed by atoms with E-state index < -0.39 is 0 Å². The highest BCUT2D eigenvalue weighted by molar-refractivity contribution is 5.85. The summed E-state index contributed by atoms with van der Waals surface area (Å²) >= 11 is 0. The molecule has 0 radical (unpaired) electrons. The van der Waals surface area contributed by atoms with Gasteiger partial charge in [0.25, 0.3) is 0 Å². The van der Waals surface area contributed by atoms with Crippen LogP contribution >= 0.6 is 24.8 Å². The van der Waals surface area contributed by atoms with Crippen LogP contribution in [0.5, 0.6) is 0 Å². The van der Waals surface area contributed by atoms with E-state index in [1.54, 1.807) is 0 Å². The van der Waals surface area contributed by atoms with Crippen LogP contribution in [0.25, 0.3) is 0 Å². The number of piperazine rings is 1. The van der Waals surface area contributed by atoms with Gasteiger partial charge >= 0.3 is 6.03 Å². The Balaban J connectivity index is 0. The van der Waals surface area contributed by atoms with Gasteiger partial charge in [-0.2, -0.15) is 0 Å². The summed E-state index contributed by atoms with van der Waals surface area (Å²) in [5.41, 5.74) is 0. The van der Waals surface area contributed by atoms with Gasteiger partial charge < -0.3 is 20.0 Å². The van der Waals surface area contributed by atoms with Crippen molar-refractivity contribution >= 4 is 30.8 Å². The van der Waals surface area contributed by atoms with E-state index >= 15 is 0 Å². The number of nitrogens with one attached hydrogen (secondary N) is 1. The minimum absolute atomic E-state index is 0. The van der Waals surface area contributed by atoms with Crippen LogP contribution < -0.4 is 5.32 Å². The largest absolute Gasteiger partial charge is 0.326 e. The second-order valence-electron chi connectivity index (χ2n) is 5.27. The number of rotatable bonds is 3. The Bertz CT molecular complexity index is 256. The van der Waals surface area contributed by atoms with Gasteiger partial charge in [-0.15, -0.1) is 24.8 Å². The van der Waals surface area contributed by atoms with Crippen molar-refractivity contribution in [3.63, 3.8) is 0 Å². The second-order valence-corrected chi connectivity index (χ2v) is 5.27. The molecule has 0 spiro atoms. The van der Waals surface area contributed by atoms with E-state index in [4.69, 9.17) is 0 Å². The molecule has 5 nitrogen and oxygen atoms in total. The van der Waals surface area contributed by atoms with Crippen molar-refractivity contribution in [3.05, 3.63) is 0 Å². The molecule has 1 rings (SSSR count). The first kappa shape index (κ1) is 21.1. The highest BCUT2D eigenvalue weighted by atomic mass is 35.5. The zero-order valence-electron chi connectivity index (χ0n) is 12.5. The summed E-state index contributed by atoms with van der Waals surface area (Å²) in [6.45, 7) is 7.64. The number of carbonyl (C=O) groups is 1. The Morgan fingerprint density at radius 3 is 2.00 bits per heavy atom. The molecule has 0 aliphatic carbocycles. The van der Waals surface area contributed by atoms with Gasteiger partial charge in [0.15, 0.2) is 0 Å². The van der Waals surface area contributed by atoms with Crippen molar-refractivity contribution in [1.29, 1.82) is 0 Å². The lowest BCUT2D eigenvalue weighted by atomic mass is 10.1. The molecule has 1 aliphatic heterocycles. The summed E-state index contributed by atoms with van der Waals surface area (Å²) in [4.78, 5) is 18.2. The Kier molecular flexibility index (Phi) is 10.7. The number of urea groups is 1. The maximum Gasteiger partial charge on any atom is 0.320 e. The predicted octanol–water partition coefficient (Wildman–Crippen LogP) is 1.13. The van der Waals surface area contributed by atoms with Crippen molar-refractivity contribution in [3.8, 4) is 0 Å². The number of nitrogens with zero attached hydrogens (tertiary/aromatic N) is 3. The minimum Gasteiger partial charge on any atom is -0.326 e. The van der Waals surface area contributed by atoms with Gasteiger partial charge in [-0.1, -0.05) is 0 Å². The quantitative estimate of drug-likeness (QED) is 0.848. The first-order valence-electron chi connectivity index (χ1n) is 6.32. The third kappa shape index (κ3) is 6.17. The first-order valence-corrected chi connectivity index (χ1v) is 6.32. The topological polar surface area (TPSA) is 38.8 Å². The number of hydrogen-bond donors (Lipinski definition) is 1. The molecule has 19 heavy (non-hydrogen) atoms. The second kappa shape index (κ2) is 9.64. The number of likely N-dealkylation sites (N-methyl/N-ethyl adjacent to an activating group) is 2. The van der Waals surface area contributed by atoms with Crippen LogP contribution in [0.3, 0.4) is 0 Å². The van der Waals surface area contributed by atoms with Gasteiger partial charge in [-0.05, 0) is 27.9 Å². The van der Waals surface area contributed by atoms with Crippen LogP contribution in [0.2, 0.25) is 0 Å². The molecule has 1 N–H and O–H groups in total. The zero-order valence-corrected chi connectivity index (χ0v) is 14.2. The molecule has 0 bridgehead atoms. The molecule has 1 aliphatic rings. The molecular formula is C12H28Cl2N4O. The van der Waals surface area contributed by atoms with Gasteiger partial charge in [0.05, 0.1) is 0 Å². The van der Waals surface area contributed by atoms with E-state index in [0.29, 0.717) is 0 Å². The molecule has 2 amide bonds. The molecule has 0 saturated carbocycles. The highest BCUT2D eigenvalue weighted by Crippen LogP contribution is 2.12. The number of halogens is 2. The monoisotopic (exact) mass is 314 g/mol. The van der Waals surface area contributed by atoms with Crippen molar-refractivity contribution < 1.29 is 4.79 Å². The molecule has 7 heteroatoms. The molecule has 0 unspecified atom stereocenters. The normalized spacial score (nSPS) is 22.5. The van der Waals surface area contributed by atoms with E-state index in [2.05, 4.69) is 24.1 Å². The Hall–Kier alpha value is -0.230. The maximum atomic E-state index is 12.3. The lowest BCUT2D eigenvalue weighted by molar-refractivity contribution is 0.104. The smallest absolute Gasteiger partial charge is 0.320 e. The van der Waals surface area contributed by atoms with Crippen molar-refractivity contribution in [2.75, 3.05) is 47.3 Å². The van der Waals surface area contributed by atoms with Crippen molar-refractivity contribution in [2.45, 2.75) is 25.9 Å². The van der Waals surface area contributed by atoms with Crippen LogP contribution in [0.1, 0.15) is 13.8 Å². The molecule has 0 aromatic rings. The summed E-state index contributed by atoms with van der Waals surface area (Å²) in [6.07, 6.45) is 0. The fraction of sp³-hybridized carbons (Fsp3) is 0.917. The van der Waals surface area contributed by atoms with E-state index in [0.717, 1.165) is 26.2 Å². The molecule has 116 valence electrons. The minimum atomic E-state index is 0. The van der Waals surface area contributed by atoms with Gasteiger partial charge in [-0.3, -0.25) is 0 Å². The van der Waals surface area contributed by atoms with Gasteiger partial charge in [-0.25, -0.2) is 4.79 Å². The van der Waals surface area contributed by atoms with Crippen molar-refractivity contribution in [2.24, 2.45) is 0 Å². The molecule has 1 saturated heterocycles. The fourth-order valence-corrected chi connectivity index (χ4v) is 2.15. The third-order valence-electron chi connectivity index (χ3n) is 3.26. The molecular weight excluding hydrogens is 287 g/mol. The number of carbonyl (C=O) groups excluding carboxylic acids is 1. The highest BCUT2D eigenvalue weighted by Gasteiger charge is 2.30. The molecule has 1 heterocycles. The van der Waals surface area contributed by atoms with E-state index in [-0.39, 0.29) is 42.9 Å². The molecule has 2 atom stereocenters. The van der Waals surface area contributed by atoms with Crippen molar-refractivity contribution in [1.82, 2.24) is 20.0 Å². The van der Waals surface area contributed by atoms with Crippen LogP contribution in [-0.2, 0) is 0 Å². The standard InChI is InChI=1S/C12H26N4O.2ClH/c1-10-8-13-9-11(2)16(10)12(17)15(5)7-6-14(3)4;;/h10-11,13H,6-9H2,1-5H3;2*1H/t10-,11-;;/m0../s1. The van der Waals surface area contributed by atoms with E-state index in [1.807, 2.05) is 30.9 Å². The van der Waals surface area contributed by atoms with E-state index in [1.165, 1.54) is 0 Å². The van der Waals surface area contributed by atoms with Gasteiger partial charge in [0, 0.05) is 45.3 Å². The van der Waals surface area contributed by atoms with Gasteiger partial charge in [0.2, 0.25) is 0 Å². The Morgan fingerprint density at radius 1 is 1.11 bits per heavy atom. The average molecular weight is 315 g/mol. The Labute approximate surface area is 129 Å². The van der Waals surface area contributed by atoms with Crippen LogP contribution in [0, 0.1) is 0 Å². The summed E-state index contributed by atoms with van der Waals surface area (Å²) in [5.74, 6) is 0. The summed E-state index contributed by atoms with van der Waals surface area (Å²) in [7, 11) is 5.93. The van der Waals surface area contributed by atoms with Gasteiger partial charge in [0.1, 0.15) is 0 Å². The summed E-state index contributed by atoms with van der Waals surface area (Å²) in [6, 6.07) is 0.689. The summed E-state index contributed by atoms with van der Waals surface area (Å²) in [5, 5.41) is 3.34. The SMILES string of the molecule is C[C@H]1CNC[C@H](C)N1C(=O)N(C)CCN(C)C.Cl.Cl. The van der Waals surface area contributed by atoms with Crippen LogP contribution in [0.4, 0.5) is 4.79 Å². The first-order chi connectivity index (χ1) is 7.93. The average Bonchev–Trinajstić information content (AvgIpc) is 2.25. The maximum absolute atomic E-state index is 12.3. The third-order valence-corrected chi connectivity index (χ3v) is 3.26.